The fraction of sp³-hybridized carbons (Fsp3) is 0.250. The second-order valence-electron chi connectivity index (χ2n) is 5.47. The van der Waals surface area contributed by atoms with Crippen molar-refractivity contribution >= 4 is 21.4 Å². The van der Waals surface area contributed by atoms with E-state index in [0.717, 1.165) is 4.88 Å². The predicted octanol–water partition coefficient (Wildman–Crippen LogP) is 2.56. The van der Waals surface area contributed by atoms with Gasteiger partial charge in [0.25, 0.3) is 5.89 Å². The second kappa shape index (κ2) is 6.68. The number of ether oxygens (including phenoxy) is 1. The van der Waals surface area contributed by atoms with Gasteiger partial charge in [-0.15, -0.1) is 11.3 Å². The van der Waals surface area contributed by atoms with Crippen molar-refractivity contribution < 1.29 is 17.7 Å². The van der Waals surface area contributed by atoms with E-state index in [9.17, 15) is 8.42 Å². The van der Waals surface area contributed by atoms with Crippen LogP contribution in [0, 0.1) is 0 Å². The first kappa shape index (κ1) is 16.4. The first-order chi connectivity index (χ1) is 12.1. The van der Waals surface area contributed by atoms with Gasteiger partial charge < -0.3 is 9.26 Å². The highest BCUT2D eigenvalue weighted by Gasteiger charge is 2.34. The normalized spacial score (nSPS) is 19.1. The van der Waals surface area contributed by atoms with Crippen molar-refractivity contribution in [3.8, 4) is 10.7 Å². The van der Waals surface area contributed by atoms with Gasteiger partial charge in [-0.2, -0.15) is 9.29 Å². The highest BCUT2D eigenvalue weighted by atomic mass is 32.2. The number of morpholine rings is 1. The van der Waals surface area contributed by atoms with E-state index >= 15 is 0 Å². The van der Waals surface area contributed by atoms with Gasteiger partial charge in [-0.05, 0) is 23.6 Å². The third-order valence-electron chi connectivity index (χ3n) is 3.87. The van der Waals surface area contributed by atoms with E-state index in [1.807, 2.05) is 17.5 Å². The first-order valence-corrected chi connectivity index (χ1v) is 10.0. The first-order valence-electron chi connectivity index (χ1n) is 7.69. The minimum absolute atomic E-state index is 0.142. The SMILES string of the molecule is O=S(=O)(c1ccccc1)N1CCOC(c2nc(-c3cccs3)no2)C1. The molecule has 0 N–H and O–H groups in total. The molecule has 1 unspecified atom stereocenters. The molecule has 3 aromatic rings. The van der Waals surface area contributed by atoms with Gasteiger partial charge in [0, 0.05) is 13.1 Å². The topological polar surface area (TPSA) is 85.5 Å². The monoisotopic (exact) mass is 377 g/mol. The summed E-state index contributed by atoms with van der Waals surface area (Å²) >= 11 is 1.51. The Morgan fingerprint density at radius 1 is 1.16 bits per heavy atom. The number of sulfonamides is 1. The van der Waals surface area contributed by atoms with E-state index in [0.29, 0.717) is 12.4 Å². The number of hydrogen-bond acceptors (Lipinski definition) is 7. The smallest absolute Gasteiger partial charge is 0.257 e. The third-order valence-corrected chi connectivity index (χ3v) is 6.61. The molecule has 1 fully saturated rings. The molecule has 3 heterocycles. The lowest BCUT2D eigenvalue weighted by Crippen LogP contribution is -2.42. The Morgan fingerprint density at radius 3 is 2.76 bits per heavy atom. The van der Waals surface area contributed by atoms with Gasteiger partial charge in [0.05, 0.1) is 16.4 Å². The summed E-state index contributed by atoms with van der Waals surface area (Å²) in [6, 6.07) is 12.2. The van der Waals surface area contributed by atoms with Crippen molar-refractivity contribution in [2.24, 2.45) is 0 Å². The van der Waals surface area contributed by atoms with Crippen molar-refractivity contribution in [1.82, 2.24) is 14.4 Å². The molecular formula is C16H15N3O4S2. The maximum atomic E-state index is 12.8. The Morgan fingerprint density at radius 2 is 2.00 bits per heavy atom. The molecule has 130 valence electrons. The fourth-order valence-corrected chi connectivity index (χ4v) is 4.70. The van der Waals surface area contributed by atoms with E-state index in [-0.39, 0.29) is 23.9 Å². The lowest BCUT2D eigenvalue weighted by Gasteiger charge is -2.30. The maximum absolute atomic E-state index is 12.8. The summed E-state index contributed by atoms with van der Waals surface area (Å²) in [6.45, 7) is 0.705. The molecule has 9 heteroatoms. The molecule has 0 radical (unpaired) electrons. The van der Waals surface area contributed by atoms with E-state index in [1.165, 1.54) is 15.6 Å². The zero-order chi connectivity index (χ0) is 17.3. The van der Waals surface area contributed by atoms with Crippen LogP contribution in [-0.2, 0) is 14.8 Å². The van der Waals surface area contributed by atoms with Crippen LogP contribution in [0.3, 0.4) is 0 Å². The van der Waals surface area contributed by atoms with Crippen LogP contribution < -0.4 is 0 Å². The van der Waals surface area contributed by atoms with Gasteiger partial charge in [-0.3, -0.25) is 0 Å². The zero-order valence-electron chi connectivity index (χ0n) is 13.1. The van der Waals surface area contributed by atoms with Crippen LogP contribution in [0.2, 0.25) is 0 Å². The van der Waals surface area contributed by atoms with Gasteiger partial charge >= 0.3 is 0 Å². The lowest BCUT2D eigenvalue weighted by atomic mass is 10.3. The van der Waals surface area contributed by atoms with Crippen LogP contribution in [0.15, 0.2) is 57.3 Å². The van der Waals surface area contributed by atoms with Crippen molar-refractivity contribution in [2.45, 2.75) is 11.0 Å². The molecule has 1 aromatic carbocycles. The van der Waals surface area contributed by atoms with E-state index in [1.54, 1.807) is 30.3 Å². The number of nitrogens with zero attached hydrogens (tertiary/aromatic N) is 3. The number of rotatable bonds is 4. The average Bonchev–Trinajstić information content (AvgIpc) is 3.34. The quantitative estimate of drug-likeness (QED) is 0.695. The van der Waals surface area contributed by atoms with Crippen LogP contribution in [0.1, 0.15) is 12.0 Å². The molecule has 1 saturated heterocycles. The number of benzene rings is 1. The highest BCUT2D eigenvalue weighted by Crippen LogP contribution is 2.28. The van der Waals surface area contributed by atoms with Gasteiger partial charge in [0.2, 0.25) is 15.8 Å². The summed E-state index contributed by atoms with van der Waals surface area (Å²) in [5.41, 5.74) is 0. The van der Waals surface area contributed by atoms with E-state index in [2.05, 4.69) is 10.1 Å². The van der Waals surface area contributed by atoms with Crippen LogP contribution in [0.5, 0.6) is 0 Å². The maximum Gasteiger partial charge on any atom is 0.257 e. The van der Waals surface area contributed by atoms with Crippen LogP contribution in [0.4, 0.5) is 0 Å². The minimum Gasteiger partial charge on any atom is -0.366 e. The van der Waals surface area contributed by atoms with Crippen molar-refractivity contribution in [2.75, 3.05) is 19.7 Å². The largest absolute Gasteiger partial charge is 0.366 e. The molecule has 1 aliphatic heterocycles. The molecule has 0 saturated carbocycles. The molecule has 4 rings (SSSR count). The molecule has 0 spiro atoms. The standard InChI is InChI=1S/C16H15N3O4S2/c20-25(21,12-5-2-1-3-6-12)19-8-9-22-13(11-19)16-17-15(18-23-16)14-7-4-10-24-14/h1-7,10,13H,8-9,11H2. The minimum atomic E-state index is -3.57. The Kier molecular flexibility index (Phi) is 4.38. The molecule has 0 amide bonds. The third kappa shape index (κ3) is 3.23. The molecule has 2 aromatic heterocycles. The lowest BCUT2D eigenvalue weighted by molar-refractivity contribution is -0.0199. The Labute approximate surface area is 148 Å². The predicted molar refractivity (Wildman–Crippen MR) is 91.5 cm³/mol. The molecule has 1 aliphatic rings. The Balaban J connectivity index is 1.55. The van der Waals surface area contributed by atoms with Gasteiger partial charge in [-0.25, -0.2) is 8.42 Å². The van der Waals surface area contributed by atoms with Crippen molar-refractivity contribution in [3.05, 3.63) is 53.7 Å². The molecule has 7 nitrogen and oxygen atoms in total. The number of aromatic nitrogens is 2. The molecular weight excluding hydrogens is 362 g/mol. The molecule has 0 aliphatic carbocycles. The van der Waals surface area contributed by atoms with E-state index in [4.69, 9.17) is 9.26 Å². The zero-order valence-corrected chi connectivity index (χ0v) is 14.7. The fourth-order valence-electron chi connectivity index (χ4n) is 2.61. The highest BCUT2D eigenvalue weighted by molar-refractivity contribution is 7.89. The van der Waals surface area contributed by atoms with Crippen molar-refractivity contribution in [1.29, 1.82) is 0 Å². The molecule has 1 atom stereocenters. The summed E-state index contributed by atoms with van der Waals surface area (Å²) < 4.78 is 37.9. The van der Waals surface area contributed by atoms with Crippen molar-refractivity contribution in [3.63, 3.8) is 0 Å². The van der Waals surface area contributed by atoms with Gasteiger partial charge in [-0.1, -0.05) is 29.4 Å². The summed E-state index contributed by atoms with van der Waals surface area (Å²) in [5.74, 6) is 0.771. The van der Waals surface area contributed by atoms with Crippen LogP contribution in [-0.4, -0.2) is 42.6 Å². The second-order valence-corrected chi connectivity index (χ2v) is 8.35. The molecule has 25 heavy (non-hydrogen) atoms. The van der Waals surface area contributed by atoms with Crippen LogP contribution in [0.25, 0.3) is 10.7 Å². The van der Waals surface area contributed by atoms with Crippen LogP contribution >= 0.6 is 11.3 Å². The summed E-state index contributed by atoms with van der Waals surface area (Å²) in [6.07, 6.45) is -0.576. The number of hydrogen-bond donors (Lipinski definition) is 0. The number of thiophene rings is 1. The summed E-state index contributed by atoms with van der Waals surface area (Å²) in [4.78, 5) is 5.50. The Hall–Kier alpha value is -2.07. The summed E-state index contributed by atoms with van der Waals surface area (Å²) in [7, 11) is -3.57. The van der Waals surface area contributed by atoms with Gasteiger partial charge in [0.1, 0.15) is 0 Å². The van der Waals surface area contributed by atoms with E-state index < -0.39 is 16.1 Å². The summed E-state index contributed by atoms with van der Waals surface area (Å²) in [5, 5.41) is 5.88. The average molecular weight is 377 g/mol. The molecule has 0 bridgehead atoms. The van der Waals surface area contributed by atoms with Gasteiger partial charge in [0.15, 0.2) is 6.10 Å². The Bertz CT molecular complexity index is 939.